The molecule has 33 heavy (non-hydrogen) atoms. The lowest BCUT2D eigenvalue weighted by Gasteiger charge is -2.04. The number of hydrogen-bond donors (Lipinski definition) is 1. The number of rotatable bonds is 9. The third-order valence-electron chi connectivity index (χ3n) is 3.42. The zero-order chi connectivity index (χ0) is 24.7. The number of benzene rings is 2. The van der Waals surface area contributed by atoms with Gasteiger partial charge in [-0.3, -0.25) is 14.6 Å². The Labute approximate surface area is 197 Å². The molecule has 2 aromatic rings. The van der Waals surface area contributed by atoms with Gasteiger partial charge in [0.2, 0.25) is 0 Å². The van der Waals surface area contributed by atoms with Crippen LogP contribution in [0.2, 0.25) is 0 Å². The molecule has 0 spiro atoms. The molecule has 1 N–H and O–H groups in total. The van der Waals surface area contributed by atoms with Gasteiger partial charge in [0.1, 0.15) is 0 Å². The van der Waals surface area contributed by atoms with Gasteiger partial charge in [-0.25, -0.2) is 0 Å². The first-order chi connectivity index (χ1) is 15.9. The van der Waals surface area contributed by atoms with E-state index in [1.165, 1.54) is 32.3 Å². The molecule has 0 heterocycles. The number of carbonyl (C=O) groups excluding carboxylic acids is 2. The van der Waals surface area contributed by atoms with Crippen LogP contribution >= 0.6 is 0 Å². The summed E-state index contributed by atoms with van der Waals surface area (Å²) in [5.41, 5.74) is 4.82. The highest BCUT2D eigenvalue weighted by molar-refractivity contribution is 5.87. The summed E-state index contributed by atoms with van der Waals surface area (Å²) in [7, 11) is 3.55. The van der Waals surface area contributed by atoms with Crippen LogP contribution in [0.1, 0.15) is 31.9 Å². The predicted molar refractivity (Wildman–Crippen MR) is 136 cm³/mol. The van der Waals surface area contributed by atoms with E-state index in [-0.39, 0.29) is 11.6 Å². The summed E-state index contributed by atoms with van der Waals surface area (Å²) in [6.07, 6.45) is 9.42. The van der Waals surface area contributed by atoms with Crippen molar-refractivity contribution in [3.63, 3.8) is 0 Å². The molecule has 0 bridgehead atoms. The van der Waals surface area contributed by atoms with Crippen LogP contribution in [-0.2, 0) is 14.3 Å². The third-order valence-corrected chi connectivity index (χ3v) is 3.42. The van der Waals surface area contributed by atoms with Gasteiger partial charge < -0.3 is 10.2 Å². The lowest BCUT2D eigenvalue weighted by Crippen LogP contribution is -2.02. The summed E-state index contributed by atoms with van der Waals surface area (Å²) in [4.78, 5) is 20.8. The third kappa shape index (κ3) is 19.7. The molecule has 0 radical (unpaired) electrons. The molecule has 2 rings (SSSR count). The fourth-order valence-corrected chi connectivity index (χ4v) is 1.87. The number of ether oxygens (including phenoxy) is 1. The van der Waals surface area contributed by atoms with Crippen LogP contribution in [0.15, 0.2) is 95.5 Å². The van der Waals surface area contributed by atoms with Crippen molar-refractivity contribution in [1.82, 2.24) is 10.4 Å². The van der Waals surface area contributed by atoms with Crippen LogP contribution in [0.25, 0.3) is 0 Å². The van der Waals surface area contributed by atoms with Crippen LogP contribution in [0, 0.1) is 0 Å². The number of allylic oxidation sites excluding steroid dienone is 2. The lowest BCUT2D eigenvalue weighted by atomic mass is 10.2. The van der Waals surface area contributed by atoms with E-state index in [4.69, 9.17) is 4.74 Å². The first-order valence-corrected chi connectivity index (χ1v) is 10.4. The Hall–Kier alpha value is -4.00. The van der Waals surface area contributed by atoms with Crippen molar-refractivity contribution in [2.75, 3.05) is 20.7 Å². The minimum absolute atomic E-state index is 0.0109. The molecule has 7 heteroatoms. The van der Waals surface area contributed by atoms with Gasteiger partial charge in [0.15, 0.2) is 11.6 Å². The number of nitrogens with zero attached hydrogens (tertiary/aromatic N) is 3. The predicted octanol–water partition coefficient (Wildman–Crippen LogP) is 4.42. The summed E-state index contributed by atoms with van der Waals surface area (Å²) in [6, 6.07) is 19.7. The molecule has 0 saturated heterocycles. The van der Waals surface area contributed by atoms with Crippen LogP contribution in [0.4, 0.5) is 0 Å². The molecular formula is C26H34N4O3. The Balaban J connectivity index is 0.000000495. The van der Waals surface area contributed by atoms with E-state index < -0.39 is 0 Å². The quantitative estimate of drug-likeness (QED) is 0.265. The first kappa shape index (κ1) is 29.0. The van der Waals surface area contributed by atoms with Crippen molar-refractivity contribution in [1.29, 1.82) is 0 Å². The maximum absolute atomic E-state index is 10.7. The largest absolute Gasteiger partial charge is 0.501 e. The smallest absolute Gasteiger partial charge is 0.155 e. The minimum atomic E-state index is 0.0109. The highest BCUT2D eigenvalue weighted by Crippen LogP contribution is 1.95. The monoisotopic (exact) mass is 450 g/mol. The van der Waals surface area contributed by atoms with Crippen LogP contribution in [-0.4, -0.2) is 49.7 Å². The summed E-state index contributed by atoms with van der Waals surface area (Å²) in [6.45, 7) is 5.47. The van der Waals surface area contributed by atoms with E-state index in [0.717, 1.165) is 11.1 Å². The maximum Gasteiger partial charge on any atom is 0.155 e. The topological polar surface area (TPSA) is 83.4 Å². The molecule has 0 unspecified atom stereocenters. The van der Waals surface area contributed by atoms with Gasteiger partial charge in [0.05, 0.1) is 25.3 Å². The average Bonchev–Trinajstić information content (AvgIpc) is 2.82. The van der Waals surface area contributed by atoms with Crippen LogP contribution in [0.5, 0.6) is 0 Å². The SMILES string of the molecule is CC(=O)/C=C/N(C)/N=C/c1ccccc1.CCO/C=C/C(C)=O.CN/N=C/c1ccccc1. The van der Waals surface area contributed by atoms with Gasteiger partial charge in [-0.05, 0) is 38.0 Å². The van der Waals surface area contributed by atoms with Crippen molar-refractivity contribution in [3.8, 4) is 0 Å². The van der Waals surface area contributed by atoms with E-state index in [9.17, 15) is 9.59 Å². The second-order valence-corrected chi connectivity index (χ2v) is 6.42. The zero-order valence-corrected chi connectivity index (χ0v) is 20.0. The van der Waals surface area contributed by atoms with E-state index >= 15 is 0 Å². The van der Waals surface area contributed by atoms with Gasteiger partial charge in [-0.15, -0.1) is 0 Å². The van der Waals surface area contributed by atoms with Gasteiger partial charge in [-0.1, -0.05) is 60.7 Å². The summed E-state index contributed by atoms with van der Waals surface area (Å²) in [5, 5.41) is 9.59. The van der Waals surface area contributed by atoms with Crippen molar-refractivity contribution >= 4 is 24.0 Å². The molecule has 0 atom stereocenters. The first-order valence-electron chi connectivity index (χ1n) is 10.4. The molecule has 2 aromatic carbocycles. The summed E-state index contributed by atoms with van der Waals surface area (Å²) < 4.78 is 4.74. The van der Waals surface area contributed by atoms with E-state index in [1.807, 2.05) is 67.6 Å². The Bertz CT molecular complexity index is 892. The van der Waals surface area contributed by atoms with Crippen molar-refractivity contribution in [2.24, 2.45) is 10.2 Å². The molecule has 0 aliphatic carbocycles. The van der Waals surface area contributed by atoms with Gasteiger partial charge in [0.25, 0.3) is 0 Å². The van der Waals surface area contributed by atoms with E-state index in [0.29, 0.717) is 6.61 Å². The average molecular weight is 451 g/mol. The minimum Gasteiger partial charge on any atom is -0.501 e. The Morgan fingerprint density at radius 1 is 0.909 bits per heavy atom. The zero-order valence-electron chi connectivity index (χ0n) is 20.0. The van der Waals surface area contributed by atoms with Crippen molar-refractivity contribution < 1.29 is 14.3 Å². The molecule has 0 aliphatic rings. The molecule has 0 aromatic heterocycles. The number of hydrazone groups is 2. The second kappa shape index (κ2) is 19.9. The van der Waals surface area contributed by atoms with E-state index in [2.05, 4.69) is 15.6 Å². The standard InChI is InChI=1S/C12H14N2O.C8H10N2.C6H10O2/c1-11(15)8-9-14(2)13-10-12-6-4-3-5-7-12;1-9-10-7-8-5-3-2-4-6-8;1-3-8-5-4-6(2)7/h3-10H,1-2H3;2-7,9H,1H3;4-5H,3H2,1-2H3/b9-8+,13-10+;10-7+;5-4+. The normalized spacial score (nSPS) is 10.5. The van der Waals surface area contributed by atoms with Crippen molar-refractivity contribution in [3.05, 3.63) is 96.4 Å². The molecule has 0 amide bonds. The lowest BCUT2D eigenvalue weighted by molar-refractivity contribution is -0.113. The molecular weight excluding hydrogens is 416 g/mol. The van der Waals surface area contributed by atoms with Gasteiger partial charge in [0, 0.05) is 26.4 Å². The molecule has 0 saturated carbocycles. The Morgan fingerprint density at radius 2 is 1.42 bits per heavy atom. The van der Waals surface area contributed by atoms with Crippen molar-refractivity contribution in [2.45, 2.75) is 20.8 Å². The van der Waals surface area contributed by atoms with Crippen LogP contribution in [0.3, 0.4) is 0 Å². The maximum atomic E-state index is 10.7. The number of ketones is 2. The number of nitrogens with one attached hydrogen (secondary N) is 1. The van der Waals surface area contributed by atoms with Gasteiger partial charge >= 0.3 is 0 Å². The fraction of sp³-hybridized carbons (Fsp3) is 0.231. The Morgan fingerprint density at radius 3 is 1.88 bits per heavy atom. The second-order valence-electron chi connectivity index (χ2n) is 6.42. The van der Waals surface area contributed by atoms with Gasteiger partial charge in [-0.2, -0.15) is 10.2 Å². The highest BCUT2D eigenvalue weighted by Gasteiger charge is 1.87. The molecule has 7 nitrogen and oxygen atoms in total. The highest BCUT2D eigenvalue weighted by atomic mass is 16.5. The number of hydrogen-bond acceptors (Lipinski definition) is 7. The molecule has 0 aliphatic heterocycles. The summed E-state index contributed by atoms with van der Waals surface area (Å²) >= 11 is 0. The number of carbonyl (C=O) groups is 2. The summed E-state index contributed by atoms with van der Waals surface area (Å²) in [5.74, 6) is 0.0233. The molecule has 176 valence electrons. The molecule has 0 fully saturated rings. The fourth-order valence-electron chi connectivity index (χ4n) is 1.87. The Kier molecular flexibility index (Phi) is 17.5. The van der Waals surface area contributed by atoms with Crippen LogP contribution < -0.4 is 5.43 Å². The van der Waals surface area contributed by atoms with E-state index in [1.54, 1.807) is 37.7 Å².